The van der Waals surface area contributed by atoms with Crippen LogP contribution in [0.1, 0.15) is 21.6 Å². The SMILES string of the molecule is COc1c(C)cc(C)cc1-c1nc(C(=O)O)cs1. The summed E-state index contributed by atoms with van der Waals surface area (Å²) in [4.78, 5) is 15.0. The molecule has 0 aliphatic carbocycles. The van der Waals surface area contributed by atoms with Crippen LogP contribution in [0.4, 0.5) is 0 Å². The Morgan fingerprint density at radius 1 is 1.39 bits per heavy atom. The van der Waals surface area contributed by atoms with E-state index in [1.807, 2.05) is 26.0 Å². The van der Waals surface area contributed by atoms with Crippen LogP contribution in [0, 0.1) is 13.8 Å². The molecule has 18 heavy (non-hydrogen) atoms. The van der Waals surface area contributed by atoms with E-state index in [9.17, 15) is 4.79 Å². The van der Waals surface area contributed by atoms with Crippen molar-refractivity contribution in [3.05, 3.63) is 34.3 Å². The van der Waals surface area contributed by atoms with Gasteiger partial charge in [-0.3, -0.25) is 0 Å². The molecular weight excluding hydrogens is 250 g/mol. The lowest BCUT2D eigenvalue weighted by Gasteiger charge is -2.10. The monoisotopic (exact) mass is 263 g/mol. The molecule has 0 aliphatic rings. The van der Waals surface area contributed by atoms with Crippen LogP contribution in [-0.2, 0) is 0 Å². The van der Waals surface area contributed by atoms with Crippen molar-refractivity contribution in [3.63, 3.8) is 0 Å². The second-order valence-electron chi connectivity index (χ2n) is 4.01. The molecule has 0 atom stereocenters. The highest BCUT2D eigenvalue weighted by Crippen LogP contribution is 2.35. The molecule has 2 rings (SSSR count). The second-order valence-corrected chi connectivity index (χ2v) is 4.86. The van der Waals surface area contributed by atoms with Gasteiger partial charge in [-0.15, -0.1) is 11.3 Å². The van der Waals surface area contributed by atoms with Crippen LogP contribution in [-0.4, -0.2) is 23.2 Å². The molecule has 2 aromatic rings. The molecule has 1 N–H and O–H groups in total. The van der Waals surface area contributed by atoms with Gasteiger partial charge in [0.25, 0.3) is 0 Å². The quantitative estimate of drug-likeness (QED) is 0.924. The Bertz CT molecular complexity index is 604. The standard InChI is InChI=1S/C13H13NO3S/c1-7-4-8(2)11(17-3)9(5-7)12-14-10(6-18-12)13(15)16/h4-6H,1-3H3,(H,15,16). The Morgan fingerprint density at radius 3 is 2.67 bits per heavy atom. The molecule has 4 nitrogen and oxygen atoms in total. The first kappa shape index (κ1) is 12.6. The maximum absolute atomic E-state index is 10.8. The Morgan fingerprint density at radius 2 is 2.11 bits per heavy atom. The molecule has 1 heterocycles. The van der Waals surface area contributed by atoms with E-state index in [0.717, 1.165) is 22.4 Å². The summed E-state index contributed by atoms with van der Waals surface area (Å²) in [6.45, 7) is 3.95. The number of hydrogen-bond acceptors (Lipinski definition) is 4. The topological polar surface area (TPSA) is 59.4 Å². The van der Waals surface area contributed by atoms with Crippen LogP contribution >= 0.6 is 11.3 Å². The number of aromatic nitrogens is 1. The lowest BCUT2D eigenvalue weighted by atomic mass is 10.1. The molecular formula is C13H13NO3S. The molecule has 0 amide bonds. The minimum atomic E-state index is -1.01. The van der Waals surface area contributed by atoms with Crippen LogP contribution in [0.3, 0.4) is 0 Å². The molecule has 0 saturated heterocycles. The number of hydrogen-bond donors (Lipinski definition) is 1. The molecule has 5 heteroatoms. The van der Waals surface area contributed by atoms with Gasteiger partial charge in [-0.2, -0.15) is 0 Å². The number of methoxy groups -OCH3 is 1. The maximum atomic E-state index is 10.8. The van der Waals surface area contributed by atoms with Crippen molar-refractivity contribution >= 4 is 17.3 Å². The molecule has 1 aromatic carbocycles. The lowest BCUT2D eigenvalue weighted by molar-refractivity contribution is 0.0691. The van der Waals surface area contributed by atoms with Gasteiger partial charge in [-0.25, -0.2) is 9.78 Å². The summed E-state index contributed by atoms with van der Waals surface area (Å²) < 4.78 is 5.37. The van der Waals surface area contributed by atoms with Gasteiger partial charge in [0.15, 0.2) is 5.69 Å². The highest BCUT2D eigenvalue weighted by Gasteiger charge is 2.15. The zero-order chi connectivity index (χ0) is 13.3. The Kier molecular flexibility index (Phi) is 3.34. The van der Waals surface area contributed by atoms with Gasteiger partial charge in [0.1, 0.15) is 10.8 Å². The zero-order valence-corrected chi connectivity index (χ0v) is 11.2. The van der Waals surface area contributed by atoms with E-state index in [1.165, 1.54) is 16.7 Å². The number of benzene rings is 1. The second kappa shape index (κ2) is 4.78. The highest BCUT2D eigenvalue weighted by atomic mass is 32.1. The van der Waals surface area contributed by atoms with E-state index in [2.05, 4.69) is 4.98 Å². The summed E-state index contributed by atoms with van der Waals surface area (Å²) in [5.74, 6) is -0.271. The van der Waals surface area contributed by atoms with E-state index >= 15 is 0 Å². The van der Waals surface area contributed by atoms with Crippen LogP contribution in [0.5, 0.6) is 5.75 Å². The first-order valence-electron chi connectivity index (χ1n) is 5.37. The molecule has 0 fully saturated rings. The lowest BCUT2D eigenvalue weighted by Crippen LogP contribution is -1.97. The van der Waals surface area contributed by atoms with E-state index < -0.39 is 5.97 Å². The van der Waals surface area contributed by atoms with Gasteiger partial charge < -0.3 is 9.84 Å². The van der Waals surface area contributed by atoms with Gasteiger partial charge in [0.2, 0.25) is 0 Å². The summed E-state index contributed by atoms with van der Waals surface area (Å²) in [5.41, 5.74) is 3.01. The van der Waals surface area contributed by atoms with Crippen molar-refractivity contribution in [2.75, 3.05) is 7.11 Å². The van der Waals surface area contributed by atoms with Crippen molar-refractivity contribution in [2.24, 2.45) is 0 Å². The van der Waals surface area contributed by atoms with E-state index in [0.29, 0.717) is 5.01 Å². The normalized spacial score (nSPS) is 10.4. The van der Waals surface area contributed by atoms with Crippen LogP contribution in [0.25, 0.3) is 10.6 Å². The summed E-state index contributed by atoms with van der Waals surface area (Å²) in [5, 5.41) is 11.1. The Hall–Kier alpha value is -1.88. The number of thiazole rings is 1. The molecule has 0 aliphatic heterocycles. The molecule has 0 unspecified atom stereocenters. The van der Waals surface area contributed by atoms with Gasteiger partial charge in [-0.05, 0) is 31.0 Å². The third kappa shape index (κ3) is 2.22. The predicted octanol–water partition coefficient (Wildman–Crippen LogP) is 3.13. The van der Waals surface area contributed by atoms with Crippen molar-refractivity contribution < 1.29 is 14.6 Å². The van der Waals surface area contributed by atoms with Crippen LogP contribution in [0.2, 0.25) is 0 Å². The number of carboxylic acids is 1. The highest BCUT2D eigenvalue weighted by molar-refractivity contribution is 7.13. The van der Waals surface area contributed by atoms with Crippen LogP contribution < -0.4 is 4.74 Å². The summed E-state index contributed by atoms with van der Waals surface area (Å²) in [6, 6.07) is 3.98. The number of rotatable bonds is 3. The van der Waals surface area contributed by atoms with Crippen molar-refractivity contribution in [1.29, 1.82) is 0 Å². The van der Waals surface area contributed by atoms with E-state index in [1.54, 1.807) is 7.11 Å². The Balaban J connectivity index is 2.58. The number of carbonyl (C=O) groups is 1. The average Bonchev–Trinajstić information content (AvgIpc) is 2.77. The smallest absolute Gasteiger partial charge is 0.355 e. The average molecular weight is 263 g/mol. The predicted molar refractivity (Wildman–Crippen MR) is 70.5 cm³/mol. The number of carboxylic acid groups (broad SMARTS) is 1. The Labute approximate surface area is 109 Å². The third-order valence-electron chi connectivity index (χ3n) is 2.58. The minimum Gasteiger partial charge on any atom is -0.496 e. The van der Waals surface area contributed by atoms with E-state index in [4.69, 9.17) is 9.84 Å². The van der Waals surface area contributed by atoms with Gasteiger partial charge in [0, 0.05) is 5.38 Å². The zero-order valence-electron chi connectivity index (χ0n) is 10.4. The van der Waals surface area contributed by atoms with Crippen molar-refractivity contribution in [3.8, 4) is 16.3 Å². The van der Waals surface area contributed by atoms with Crippen molar-refractivity contribution in [1.82, 2.24) is 4.98 Å². The first-order valence-corrected chi connectivity index (χ1v) is 6.25. The summed E-state index contributed by atoms with van der Waals surface area (Å²) in [7, 11) is 1.60. The fourth-order valence-corrected chi connectivity index (χ4v) is 2.69. The third-order valence-corrected chi connectivity index (χ3v) is 3.45. The number of ether oxygens (including phenoxy) is 1. The maximum Gasteiger partial charge on any atom is 0.355 e. The van der Waals surface area contributed by atoms with Gasteiger partial charge in [0.05, 0.1) is 12.7 Å². The number of nitrogens with zero attached hydrogens (tertiary/aromatic N) is 1. The fourth-order valence-electron chi connectivity index (χ4n) is 1.88. The van der Waals surface area contributed by atoms with Gasteiger partial charge in [-0.1, -0.05) is 6.07 Å². The number of aryl methyl sites for hydroxylation is 2. The van der Waals surface area contributed by atoms with Crippen LogP contribution in [0.15, 0.2) is 17.5 Å². The summed E-state index contributed by atoms with van der Waals surface area (Å²) in [6.07, 6.45) is 0. The molecule has 0 spiro atoms. The fraction of sp³-hybridized carbons (Fsp3) is 0.231. The van der Waals surface area contributed by atoms with Crippen molar-refractivity contribution in [2.45, 2.75) is 13.8 Å². The van der Waals surface area contributed by atoms with Gasteiger partial charge >= 0.3 is 5.97 Å². The molecule has 1 aromatic heterocycles. The molecule has 0 bridgehead atoms. The molecule has 94 valence electrons. The summed E-state index contributed by atoms with van der Waals surface area (Å²) >= 11 is 1.31. The first-order chi connectivity index (χ1) is 8.52. The minimum absolute atomic E-state index is 0.0659. The number of aromatic carboxylic acids is 1. The molecule has 0 radical (unpaired) electrons. The van der Waals surface area contributed by atoms with E-state index in [-0.39, 0.29) is 5.69 Å². The largest absolute Gasteiger partial charge is 0.496 e. The molecule has 0 saturated carbocycles.